The van der Waals surface area contributed by atoms with E-state index in [9.17, 15) is 14.4 Å². The van der Waals surface area contributed by atoms with Crippen LogP contribution in [0.1, 0.15) is 55.5 Å². The fourth-order valence-electron chi connectivity index (χ4n) is 3.29. The van der Waals surface area contributed by atoms with Crippen LogP contribution in [0.5, 0.6) is 17.2 Å². The number of hydrogen-bond acceptors (Lipinski definition) is 6. The molecule has 0 bridgehead atoms. The molecule has 0 unspecified atom stereocenters. The van der Waals surface area contributed by atoms with Crippen LogP contribution in [-0.4, -0.2) is 49.8 Å². The Morgan fingerprint density at radius 1 is 0.917 bits per heavy atom. The lowest BCUT2D eigenvalue weighted by Gasteiger charge is -2.13. The Morgan fingerprint density at radius 3 is 2.25 bits per heavy atom. The minimum absolute atomic E-state index is 0.0629. The Kier molecular flexibility index (Phi) is 11.8. The van der Waals surface area contributed by atoms with Crippen LogP contribution in [0.15, 0.2) is 48.2 Å². The van der Waals surface area contributed by atoms with E-state index in [-0.39, 0.29) is 12.1 Å². The molecule has 194 valence electrons. The van der Waals surface area contributed by atoms with E-state index in [1.807, 2.05) is 13.8 Å². The highest BCUT2D eigenvalue weighted by molar-refractivity contribution is 6.05. The molecule has 0 spiro atoms. The van der Waals surface area contributed by atoms with Gasteiger partial charge in [-0.2, -0.15) is 0 Å². The smallest absolute Gasteiger partial charge is 0.303 e. The third-order valence-electron chi connectivity index (χ3n) is 5.08. The quantitative estimate of drug-likeness (QED) is 0.250. The number of amides is 2. The fourth-order valence-corrected chi connectivity index (χ4v) is 3.29. The third-order valence-corrected chi connectivity index (χ3v) is 5.08. The molecule has 9 heteroatoms. The van der Waals surface area contributed by atoms with Gasteiger partial charge in [0.05, 0.1) is 20.3 Å². The second-order valence-corrected chi connectivity index (χ2v) is 7.77. The summed E-state index contributed by atoms with van der Waals surface area (Å²) in [6.45, 7) is 5.01. The van der Waals surface area contributed by atoms with Gasteiger partial charge in [0.2, 0.25) is 0 Å². The van der Waals surface area contributed by atoms with E-state index in [0.29, 0.717) is 67.4 Å². The van der Waals surface area contributed by atoms with E-state index in [4.69, 9.17) is 19.3 Å². The molecular weight excluding hydrogens is 464 g/mol. The molecule has 2 amide bonds. The average molecular weight is 499 g/mol. The SMILES string of the molecule is CCOc1ccc(C=C(NC(=O)c2ccc(OC)cc2)C(=O)NCCCCCC(=O)O)cc1OCC. The Balaban J connectivity index is 2.22. The monoisotopic (exact) mass is 498 g/mol. The van der Waals surface area contributed by atoms with Crippen molar-refractivity contribution in [1.29, 1.82) is 0 Å². The summed E-state index contributed by atoms with van der Waals surface area (Å²) in [5.74, 6) is -0.00889. The molecule has 9 nitrogen and oxygen atoms in total. The number of methoxy groups -OCH3 is 1. The summed E-state index contributed by atoms with van der Waals surface area (Å²) in [5, 5.41) is 14.2. The maximum Gasteiger partial charge on any atom is 0.303 e. The van der Waals surface area contributed by atoms with Crippen LogP contribution in [-0.2, 0) is 9.59 Å². The third kappa shape index (κ3) is 9.32. The molecule has 0 aliphatic heterocycles. The van der Waals surface area contributed by atoms with Gasteiger partial charge in [-0.05, 0) is 74.7 Å². The van der Waals surface area contributed by atoms with Gasteiger partial charge < -0.3 is 30.0 Å². The topological polar surface area (TPSA) is 123 Å². The molecule has 2 aromatic carbocycles. The van der Waals surface area contributed by atoms with E-state index < -0.39 is 17.8 Å². The van der Waals surface area contributed by atoms with Gasteiger partial charge in [0.1, 0.15) is 11.4 Å². The maximum atomic E-state index is 13.0. The molecule has 3 N–H and O–H groups in total. The van der Waals surface area contributed by atoms with Crippen molar-refractivity contribution in [1.82, 2.24) is 10.6 Å². The summed E-state index contributed by atoms with van der Waals surface area (Å²) in [6.07, 6.45) is 3.49. The van der Waals surface area contributed by atoms with Crippen molar-refractivity contribution >= 4 is 23.9 Å². The molecule has 0 fully saturated rings. The first-order valence-electron chi connectivity index (χ1n) is 11.9. The number of carboxylic acid groups (broad SMARTS) is 1. The number of benzene rings is 2. The number of aliphatic carboxylic acids is 1. The van der Waals surface area contributed by atoms with E-state index in [0.717, 1.165) is 0 Å². The van der Waals surface area contributed by atoms with Crippen molar-refractivity contribution in [2.45, 2.75) is 39.5 Å². The van der Waals surface area contributed by atoms with Crippen LogP contribution >= 0.6 is 0 Å². The molecule has 0 aromatic heterocycles. The van der Waals surface area contributed by atoms with Gasteiger partial charge in [-0.3, -0.25) is 14.4 Å². The first kappa shape index (κ1) is 28.2. The molecule has 2 aromatic rings. The number of carboxylic acids is 1. The van der Waals surface area contributed by atoms with Gasteiger partial charge in [-0.25, -0.2) is 0 Å². The number of carbonyl (C=O) groups excluding carboxylic acids is 2. The van der Waals surface area contributed by atoms with Gasteiger partial charge >= 0.3 is 5.97 Å². The molecule has 0 saturated carbocycles. The summed E-state index contributed by atoms with van der Waals surface area (Å²) in [4.78, 5) is 36.5. The second kappa shape index (κ2) is 15.1. The summed E-state index contributed by atoms with van der Waals surface area (Å²) in [6, 6.07) is 11.8. The number of carbonyl (C=O) groups is 3. The van der Waals surface area contributed by atoms with Gasteiger partial charge in [0, 0.05) is 18.5 Å². The summed E-state index contributed by atoms with van der Waals surface area (Å²) >= 11 is 0. The van der Waals surface area contributed by atoms with Gasteiger partial charge in [-0.15, -0.1) is 0 Å². The van der Waals surface area contributed by atoms with Gasteiger partial charge in [0.25, 0.3) is 11.8 Å². The molecule has 0 heterocycles. The molecule has 0 aliphatic rings. The van der Waals surface area contributed by atoms with Crippen molar-refractivity contribution in [2.75, 3.05) is 26.9 Å². The van der Waals surface area contributed by atoms with Crippen LogP contribution < -0.4 is 24.8 Å². The molecule has 36 heavy (non-hydrogen) atoms. The van der Waals surface area contributed by atoms with Crippen LogP contribution in [0.4, 0.5) is 0 Å². The summed E-state index contributed by atoms with van der Waals surface area (Å²) < 4.78 is 16.4. The van der Waals surface area contributed by atoms with Crippen molar-refractivity contribution in [3.63, 3.8) is 0 Å². The summed E-state index contributed by atoms with van der Waals surface area (Å²) in [5.41, 5.74) is 1.07. The molecule has 0 saturated heterocycles. The average Bonchev–Trinajstić information content (AvgIpc) is 2.87. The molecule has 2 rings (SSSR count). The highest BCUT2D eigenvalue weighted by atomic mass is 16.5. The minimum Gasteiger partial charge on any atom is -0.497 e. The Morgan fingerprint density at radius 2 is 1.61 bits per heavy atom. The standard InChI is InChI=1S/C27H34N2O7/c1-4-35-23-15-10-19(18-24(23)36-5-2)17-22(27(33)28-16-8-6-7-9-25(30)31)29-26(32)20-11-13-21(34-3)14-12-20/h10-15,17-18H,4-9,16H2,1-3H3,(H,28,33)(H,29,32)(H,30,31). The second-order valence-electron chi connectivity index (χ2n) is 7.77. The van der Waals surface area contributed by atoms with Gasteiger partial charge in [-0.1, -0.05) is 12.5 Å². The van der Waals surface area contributed by atoms with E-state index >= 15 is 0 Å². The molecule has 0 aliphatic carbocycles. The van der Waals surface area contributed by atoms with E-state index in [1.165, 1.54) is 7.11 Å². The zero-order valence-electron chi connectivity index (χ0n) is 21.0. The van der Waals surface area contributed by atoms with Gasteiger partial charge in [0.15, 0.2) is 11.5 Å². The van der Waals surface area contributed by atoms with Crippen molar-refractivity contribution < 1.29 is 33.7 Å². The Hall–Kier alpha value is -4.01. The van der Waals surface area contributed by atoms with E-state index in [2.05, 4.69) is 10.6 Å². The Labute approximate surface area is 211 Å². The fraction of sp³-hybridized carbons (Fsp3) is 0.370. The number of nitrogens with one attached hydrogen (secondary N) is 2. The van der Waals surface area contributed by atoms with Crippen molar-refractivity contribution in [2.24, 2.45) is 0 Å². The normalized spacial score (nSPS) is 10.9. The van der Waals surface area contributed by atoms with E-state index in [1.54, 1.807) is 48.5 Å². The zero-order valence-corrected chi connectivity index (χ0v) is 21.0. The largest absolute Gasteiger partial charge is 0.497 e. The molecular formula is C27H34N2O7. The Bertz CT molecular complexity index is 1050. The highest BCUT2D eigenvalue weighted by Gasteiger charge is 2.15. The first-order valence-corrected chi connectivity index (χ1v) is 11.9. The minimum atomic E-state index is -0.840. The lowest BCUT2D eigenvalue weighted by atomic mass is 10.1. The van der Waals surface area contributed by atoms with Crippen LogP contribution in [0, 0.1) is 0 Å². The van der Waals surface area contributed by atoms with Crippen molar-refractivity contribution in [3.05, 3.63) is 59.3 Å². The van der Waals surface area contributed by atoms with Crippen LogP contribution in [0.3, 0.4) is 0 Å². The number of unbranched alkanes of at least 4 members (excludes halogenated alkanes) is 2. The maximum absolute atomic E-state index is 13.0. The number of rotatable bonds is 15. The molecule has 0 atom stereocenters. The predicted molar refractivity (Wildman–Crippen MR) is 136 cm³/mol. The van der Waals surface area contributed by atoms with Crippen molar-refractivity contribution in [3.8, 4) is 17.2 Å². The highest BCUT2D eigenvalue weighted by Crippen LogP contribution is 2.29. The first-order chi connectivity index (χ1) is 17.4. The lowest BCUT2D eigenvalue weighted by Crippen LogP contribution is -2.35. The molecule has 0 radical (unpaired) electrons. The number of hydrogen-bond donors (Lipinski definition) is 3. The summed E-state index contributed by atoms with van der Waals surface area (Å²) in [7, 11) is 1.54. The zero-order chi connectivity index (χ0) is 26.3. The predicted octanol–water partition coefficient (Wildman–Crippen LogP) is 4.02. The van der Waals surface area contributed by atoms with Crippen LogP contribution in [0.2, 0.25) is 0 Å². The lowest BCUT2D eigenvalue weighted by molar-refractivity contribution is -0.137. The number of ether oxygens (including phenoxy) is 3. The van der Waals surface area contributed by atoms with Crippen LogP contribution in [0.25, 0.3) is 6.08 Å².